The van der Waals surface area contributed by atoms with Crippen LogP contribution in [0.3, 0.4) is 0 Å². The number of allylic oxidation sites excluding steroid dienone is 2. The number of benzene rings is 1. The summed E-state index contributed by atoms with van der Waals surface area (Å²) >= 11 is 6.24. The smallest absolute Gasteiger partial charge is 0.170 e. The van der Waals surface area contributed by atoms with Crippen molar-refractivity contribution in [3.63, 3.8) is 0 Å². The van der Waals surface area contributed by atoms with Gasteiger partial charge in [-0.15, -0.1) is 24.9 Å². The number of thioether (sulfide) groups is 1. The number of alkyl halides is 3. The molecule has 0 nitrogen and oxygen atoms in total. The Morgan fingerprint density at radius 3 is 2.32 bits per heavy atom. The van der Waals surface area contributed by atoms with Gasteiger partial charge in [-0.2, -0.15) is 13.2 Å². The molecule has 5 heteroatoms. The zero-order valence-corrected chi connectivity index (χ0v) is 14.1. The van der Waals surface area contributed by atoms with Gasteiger partial charge in [0.25, 0.3) is 0 Å². The van der Waals surface area contributed by atoms with E-state index in [1.165, 1.54) is 6.08 Å². The van der Waals surface area contributed by atoms with E-state index < -0.39 is 11.6 Å². The van der Waals surface area contributed by atoms with Crippen LogP contribution in [-0.4, -0.2) is 10.4 Å². The van der Waals surface area contributed by atoms with Crippen LogP contribution in [0.15, 0.2) is 55.1 Å². The van der Waals surface area contributed by atoms with Gasteiger partial charge in [0, 0.05) is 5.75 Å². The highest BCUT2D eigenvalue weighted by atomic mass is 32.2. The quantitative estimate of drug-likeness (QED) is 0.418. The molecule has 0 heterocycles. The van der Waals surface area contributed by atoms with Crippen molar-refractivity contribution in [2.45, 2.75) is 31.7 Å². The highest BCUT2D eigenvalue weighted by Gasteiger charge is 2.56. The summed E-state index contributed by atoms with van der Waals surface area (Å²) in [4.78, 5) is 0. The van der Waals surface area contributed by atoms with Gasteiger partial charge in [0.15, 0.2) is 0 Å². The number of thiocarbonyl (C=S) groups is 1. The van der Waals surface area contributed by atoms with Crippen LogP contribution in [0.2, 0.25) is 0 Å². The molecule has 1 rings (SSSR count). The molecular formula is C17H19F3S2. The molecule has 1 aromatic rings. The summed E-state index contributed by atoms with van der Waals surface area (Å²) in [7, 11) is 0. The van der Waals surface area contributed by atoms with Crippen LogP contribution in [0.5, 0.6) is 0 Å². The zero-order chi connectivity index (χ0) is 16.8. The Balaban J connectivity index is 3.00. The number of hydrogen-bond donors (Lipinski definition) is 0. The summed E-state index contributed by atoms with van der Waals surface area (Å²) in [5.74, 6) is 0.421. The zero-order valence-electron chi connectivity index (χ0n) is 12.5. The minimum absolute atomic E-state index is 0.0493. The van der Waals surface area contributed by atoms with Gasteiger partial charge in [-0.1, -0.05) is 54.2 Å². The highest BCUT2D eigenvalue weighted by molar-refractivity contribution is 8.22. The minimum atomic E-state index is -4.43. The van der Waals surface area contributed by atoms with Crippen LogP contribution in [-0.2, 0) is 5.75 Å². The topological polar surface area (TPSA) is 0 Å². The SMILES string of the molecule is C=CCC(CC(=C)C)(C(=S)SCc1ccccc1)C(F)(F)F. The largest absolute Gasteiger partial charge is 0.400 e. The van der Waals surface area contributed by atoms with Gasteiger partial charge in [-0.25, -0.2) is 0 Å². The fourth-order valence-corrected chi connectivity index (χ4v) is 3.67. The fourth-order valence-electron chi connectivity index (χ4n) is 2.18. The Hall–Kier alpha value is -1.07. The van der Waals surface area contributed by atoms with Crippen molar-refractivity contribution in [2.75, 3.05) is 0 Å². The Labute approximate surface area is 139 Å². The summed E-state index contributed by atoms with van der Waals surface area (Å²) < 4.78 is 41.1. The van der Waals surface area contributed by atoms with Gasteiger partial charge in [-0.3, -0.25) is 0 Å². The van der Waals surface area contributed by atoms with Gasteiger partial charge < -0.3 is 0 Å². The lowest BCUT2D eigenvalue weighted by Crippen LogP contribution is -2.43. The summed E-state index contributed by atoms with van der Waals surface area (Å²) in [6, 6.07) is 9.32. The van der Waals surface area contributed by atoms with Gasteiger partial charge >= 0.3 is 6.18 Å². The average Bonchev–Trinajstić information content (AvgIpc) is 2.43. The van der Waals surface area contributed by atoms with E-state index in [1.54, 1.807) is 6.92 Å². The van der Waals surface area contributed by atoms with E-state index in [0.717, 1.165) is 17.3 Å². The lowest BCUT2D eigenvalue weighted by Gasteiger charge is -2.35. The van der Waals surface area contributed by atoms with Crippen LogP contribution in [0.4, 0.5) is 13.2 Å². The molecule has 0 radical (unpaired) electrons. The van der Waals surface area contributed by atoms with Crippen molar-refractivity contribution in [1.82, 2.24) is 0 Å². The summed E-state index contributed by atoms with van der Waals surface area (Å²) in [6.45, 7) is 8.69. The molecule has 1 aromatic carbocycles. The Morgan fingerprint density at radius 2 is 1.86 bits per heavy atom. The molecular weight excluding hydrogens is 325 g/mol. The minimum Gasteiger partial charge on any atom is -0.170 e. The Kier molecular flexibility index (Phi) is 6.88. The molecule has 120 valence electrons. The molecule has 0 bridgehead atoms. The van der Waals surface area contributed by atoms with Crippen molar-refractivity contribution in [3.8, 4) is 0 Å². The second-order valence-corrected chi connectivity index (χ2v) is 6.92. The second kappa shape index (κ2) is 7.97. The molecule has 0 N–H and O–H groups in total. The number of hydrogen-bond acceptors (Lipinski definition) is 2. The summed E-state index contributed by atoms with van der Waals surface area (Å²) in [6.07, 6.45) is -3.58. The van der Waals surface area contributed by atoms with E-state index in [2.05, 4.69) is 13.2 Å². The van der Waals surface area contributed by atoms with Crippen molar-refractivity contribution >= 4 is 28.2 Å². The van der Waals surface area contributed by atoms with Crippen LogP contribution in [0.1, 0.15) is 25.3 Å². The van der Waals surface area contributed by atoms with E-state index in [9.17, 15) is 13.2 Å². The molecule has 1 atom stereocenters. The predicted molar refractivity (Wildman–Crippen MR) is 93.1 cm³/mol. The maximum atomic E-state index is 13.7. The van der Waals surface area contributed by atoms with Gasteiger partial charge in [0.2, 0.25) is 0 Å². The second-order valence-electron chi connectivity index (χ2n) is 5.27. The lowest BCUT2D eigenvalue weighted by atomic mass is 9.80. The molecule has 0 saturated carbocycles. The highest BCUT2D eigenvalue weighted by Crippen LogP contribution is 2.50. The molecule has 0 amide bonds. The van der Waals surface area contributed by atoms with E-state index in [1.807, 2.05) is 30.3 Å². The third kappa shape index (κ3) is 4.71. The molecule has 0 spiro atoms. The van der Waals surface area contributed by atoms with Crippen LogP contribution in [0.25, 0.3) is 0 Å². The molecule has 0 aliphatic carbocycles. The van der Waals surface area contributed by atoms with E-state index in [4.69, 9.17) is 12.2 Å². The molecule has 0 fully saturated rings. The van der Waals surface area contributed by atoms with E-state index >= 15 is 0 Å². The maximum Gasteiger partial charge on any atom is 0.400 e. The monoisotopic (exact) mass is 344 g/mol. The van der Waals surface area contributed by atoms with Gasteiger partial charge in [0.1, 0.15) is 5.41 Å². The fraction of sp³-hybridized carbons (Fsp3) is 0.353. The van der Waals surface area contributed by atoms with Gasteiger partial charge in [0.05, 0.1) is 4.20 Å². The standard InChI is InChI=1S/C17H19F3S2/c1-4-10-16(11-13(2)3,17(18,19)20)15(21)22-12-14-8-6-5-7-9-14/h4-9H,1-2,10-12H2,3H3. The first-order valence-corrected chi connectivity index (χ1v) is 8.15. The van der Waals surface area contributed by atoms with Crippen molar-refractivity contribution in [1.29, 1.82) is 0 Å². The first-order chi connectivity index (χ1) is 10.2. The Morgan fingerprint density at radius 1 is 1.27 bits per heavy atom. The van der Waals surface area contributed by atoms with E-state index in [-0.39, 0.29) is 17.0 Å². The third-order valence-electron chi connectivity index (χ3n) is 3.24. The van der Waals surface area contributed by atoms with Crippen LogP contribution < -0.4 is 0 Å². The third-order valence-corrected chi connectivity index (χ3v) is 5.12. The summed E-state index contributed by atoms with van der Waals surface area (Å²) in [5.41, 5.74) is -0.670. The molecule has 0 aromatic heterocycles. The van der Waals surface area contributed by atoms with Gasteiger partial charge in [-0.05, 0) is 25.3 Å². The van der Waals surface area contributed by atoms with Crippen molar-refractivity contribution < 1.29 is 13.2 Å². The molecule has 0 aliphatic heterocycles. The van der Waals surface area contributed by atoms with E-state index in [0.29, 0.717) is 11.3 Å². The van der Waals surface area contributed by atoms with Crippen LogP contribution in [0, 0.1) is 5.41 Å². The normalized spacial score (nSPS) is 14.2. The first-order valence-electron chi connectivity index (χ1n) is 6.76. The maximum absolute atomic E-state index is 13.7. The number of halogens is 3. The predicted octanol–water partition coefficient (Wildman–Crippen LogP) is 6.34. The van der Waals surface area contributed by atoms with Crippen molar-refractivity contribution in [3.05, 3.63) is 60.7 Å². The molecule has 0 aliphatic rings. The molecule has 1 unspecified atom stereocenters. The van der Waals surface area contributed by atoms with Crippen molar-refractivity contribution in [2.24, 2.45) is 5.41 Å². The average molecular weight is 344 g/mol. The molecule has 22 heavy (non-hydrogen) atoms. The lowest BCUT2D eigenvalue weighted by molar-refractivity contribution is -0.194. The first kappa shape index (κ1) is 19.0. The Bertz CT molecular complexity index is 535. The number of rotatable bonds is 7. The molecule has 0 saturated heterocycles. The summed E-state index contributed by atoms with van der Waals surface area (Å²) in [5, 5.41) is 0. The van der Waals surface area contributed by atoms with Crippen LogP contribution >= 0.6 is 24.0 Å².